The molecule has 6 heteroatoms. The third-order valence-corrected chi connectivity index (χ3v) is 4.44. The Balaban J connectivity index is 1.47. The van der Waals surface area contributed by atoms with Gasteiger partial charge in [-0.05, 0) is 55.5 Å². The Labute approximate surface area is 161 Å². The van der Waals surface area contributed by atoms with Crippen LogP contribution in [0.4, 0.5) is 5.69 Å². The van der Waals surface area contributed by atoms with E-state index in [9.17, 15) is 9.59 Å². The first-order valence-corrected chi connectivity index (χ1v) is 8.90. The number of hydrogen-bond acceptors (Lipinski definition) is 3. The predicted octanol–water partition coefficient (Wildman–Crippen LogP) is 4.25. The van der Waals surface area contributed by atoms with E-state index in [1.54, 1.807) is 42.7 Å². The van der Waals surface area contributed by atoms with E-state index in [1.807, 2.05) is 31.2 Å². The van der Waals surface area contributed by atoms with Crippen LogP contribution in [0.2, 0.25) is 0 Å². The summed E-state index contributed by atoms with van der Waals surface area (Å²) in [6.07, 6.45) is 1.57. The van der Waals surface area contributed by atoms with Crippen molar-refractivity contribution >= 4 is 28.4 Å². The lowest BCUT2D eigenvalue weighted by atomic mass is 10.1. The Morgan fingerprint density at radius 3 is 2.57 bits per heavy atom. The fourth-order valence-corrected chi connectivity index (χ4v) is 2.92. The molecule has 6 nitrogen and oxygen atoms in total. The van der Waals surface area contributed by atoms with E-state index < -0.39 is 0 Å². The number of aromatic amines is 1. The van der Waals surface area contributed by atoms with Crippen molar-refractivity contribution in [2.45, 2.75) is 13.5 Å². The number of amides is 2. The van der Waals surface area contributed by atoms with Crippen LogP contribution in [0.3, 0.4) is 0 Å². The van der Waals surface area contributed by atoms with Crippen LogP contribution in [0, 0.1) is 6.92 Å². The largest absolute Gasteiger partial charge is 0.467 e. The average molecular weight is 373 g/mol. The summed E-state index contributed by atoms with van der Waals surface area (Å²) in [4.78, 5) is 27.8. The first kappa shape index (κ1) is 17.6. The number of nitrogens with one attached hydrogen (secondary N) is 3. The number of aryl methyl sites for hydroxylation is 1. The molecule has 0 bridgehead atoms. The third-order valence-electron chi connectivity index (χ3n) is 4.44. The number of rotatable bonds is 5. The zero-order valence-electron chi connectivity index (χ0n) is 15.3. The summed E-state index contributed by atoms with van der Waals surface area (Å²) < 4.78 is 5.21. The maximum atomic E-state index is 12.4. The molecule has 2 aromatic heterocycles. The van der Waals surface area contributed by atoms with Crippen molar-refractivity contribution in [3.8, 4) is 0 Å². The number of H-pyrrole nitrogens is 1. The summed E-state index contributed by atoms with van der Waals surface area (Å²) in [6.45, 7) is 2.29. The molecule has 0 saturated carbocycles. The van der Waals surface area contributed by atoms with Gasteiger partial charge in [0.1, 0.15) is 11.5 Å². The molecule has 140 valence electrons. The van der Waals surface area contributed by atoms with Crippen molar-refractivity contribution in [1.82, 2.24) is 10.3 Å². The summed E-state index contributed by atoms with van der Waals surface area (Å²) in [5.41, 5.74) is 3.63. The highest BCUT2D eigenvalue weighted by molar-refractivity contribution is 6.05. The highest BCUT2D eigenvalue weighted by Gasteiger charge is 2.11. The molecule has 2 amide bonds. The Kier molecular flexibility index (Phi) is 4.68. The standard InChI is InChI=1S/C22H19N3O3/c1-14-4-6-15(7-5-14)21(26)24-17-8-9-19-16(11-17)12-20(25-19)22(27)23-13-18-3-2-10-28-18/h2-12,25H,13H2,1H3,(H,23,27)(H,24,26). The first-order chi connectivity index (χ1) is 13.6. The van der Waals surface area contributed by atoms with Crippen molar-refractivity contribution in [3.05, 3.63) is 89.5 Å². The van der Waals surface area contributed by atoms with Crippen LogP contribution in [-0.2, 0) is 6.54 Å². The van der Waals surface area contributed by atoms with Gasteiger partial charge in [-0.2, -0.15) is 0 Å². The van der Waals surface area contributed by atoms with Gasteiger partial charge in [-0.3, -0.25) is 9.59 Å². The molecule has 2 heterocycles. The van der Waals surface area contributed by atoms with Gasteiger partial charge >= 0.3 is 0 Å². The molecular weight excluding hydrogens is 354 g/mol. The molecule has 0 fully saturated rings. The highest BCUT2D eigenvalue weighted by Crippen LogP contribution is 2.21. The van der Waals surface area contributed by atoms with Gasteiger partial charge in [0.05, 0.1) is 12.8 Å². The number of furan rings is 1. The van der Waals surface area contributed by atoms with Crippen molar-refractivity contribution in [1.29, 1.82) is 0 Å². The number of anilines is 1. The van der Waals surface area contributed by atoms with Crippen molar-refractivity contribution < 1.29 is 14.0 Å². The number of aromatic nitrogens is 1. The van der Waals surface area contributed by atoms with Crippen molar-refractivity contribution in [3.63, 3.8) is 0 Å². The molecule has 0 saturated heterocycles. The van der Waals surface area contributed by atoms with E-state index in [2.05, 4.69) is 15.6 Å². The molecule has 2 aromatic carbocycles. The van der Waals surface area contributed by atoms with Crippen molar-refractivity contribution in [2.24, 2.45) is 0 Å². The number of benzene rings is 2. The van der Waals surface area contributed by atoms with E-state index in [1.165, 1.54) is 0 Å². The molecule has 0 aliphatic heterocycles. The molecule has 0 aliphatic rings. The number of hydrogen-bond donors (Lipinski definition) is 3. The van der Waals surface area contributed by atoms with Crippen LogP contribution < -0.4 is 10.6 Å². The number of carbonyl (C=O) groups is 2. The van der Waals surface area contributed by atoms with E-state index in [0.717, 1.165) is 16.5 Å². The molecule has 0 radical (unpaired) electrons. The summed E-state index contributed by atoms with van der Waals surface area (Å²) in [7, 11) is 0. The number of carbonyl (C=O) groups excluding carboxylic acids is 2. The molecule has 4 aromatic rings. The minimum Gasteiger partial charge on any atom is -0.467 e. The molecule has 0 aliphatic carbocycles. The number of fused-ring (bicyclic) bond motifs is 1. The van der Waals surface area contributed by atoms with Crippen molar-refractivity contribution in [2.75, 3.05) is 5.32 Å². The van der Waals surface area contributed by atoms with E-state index >= 15 is 0 Å². The Morgan fingerprint density at radius 2 is 1.82 bits per heavy atom. The second-order valence-corrected chi connectivity index (χ2v) is 6.57. The molecule has 4 rings (SSSR count). The minimum absolute atomic E-state index is 0.175. The quantitative estimate of drug-likeness (QED) is 0.489. The minimum atomic E-state index is -0.224. The van der Waals surface area contributed by atoms with Crippen LogP contribution in [0.1, 0.15) is 32.2 Å². The summed E-state index contributed by atoms with van der Waals surface area (Å²) >= 11 is 0. The third kappa shape index (κ3) is 3.81. The summed E-state index contributed by atoms with van der Waals surface area (Å²) in [6, 6.07) is 18.2. The fourth-order valence-electron chi connectivity index (χ4n) is 2.92. The molecule has 0 unspecified atom stereocenters. The average Bonchev–Trinajstić information content (AvgIpc) is 3.36. The zero-order chi connectivity index (χ0) is 19.5. The van der Waals surface area contributed by atoms with Gasteiger partial charge in [0.15, 0.2) is 0 Å². The van der Waals surface area contributed by atoms with Gasteiger partial charge in [0, 0.05) is 22.2 Å². The van der Waals surface area contributed by atoms with Gasteiger partial charge in [-0.25, -0.2) is 0 Å². The fraction of sp³-hybridized carbons (Fsp3) is 0.0909. The van der Waals surface area contributed by atoms with Gasteiger partial charge in [-0.15, -0.1) is 0 Å². The Morgan fingerprint density at radius 1 is 1.00 bits per heavy atom. The molecule has 0 spiro atoms. The lowest BCUT2D eigenvalue weighted by Crippen LogP contribution is -2.22. The Bertz CT molecular complexity index is 1130. The van der Waals surface area contributed by atoms with Gasteiger partial charge in [-0.1, -0.05) is 17.7 Å². The van der Waals surface area contributed by atoms with E-state index in [0.29, 0.717) is 29.2 Å². The van der Waals surface area contributed by atoms with Crippen LogP contribution in [0.15, 0.2) is 71.3 Å². The van der Waals surface area contributed by atoms with Gasteiger partial charge in [0.2, 0.25) is 0 Å². The lowest BCUT2D eigenvalue weighted by molar-refractivity contribution is 0.0943. The van der Waals surface area contributed by atoms with Crippen LogP contribution in [0.5, 0.6) is 0 Å². The van der Waals surface area contributed by atoms with E-state index in [4.69, 9.17) is 4.42 Å². The summed E-state index contributed by atoms with van der Waals surface area (Å²) in [5, 5.41) is 6.53. The smallest absolute Gasteiger partial charge is 0.268 e. The van der Waals surface area contributed by atoms with Crippen LogP contribution >= 0.6 is 0 Å². The molecule has 0 atom stereocenters. The topological polar surface area (TPSA) is 87.1 Å². The normalized spacial score (nSPS) is 10.8. The van der Waals surface area contributed by atoms with Gasteiger partial charge < -0.3 is 20.0 Å². The molecule has 3 N–H and O–H groups in total. The Hall–Kier alpha value is -3.80. The molecular formula is C22H19N3O3. The van der Waals surface area contributed by atoms with Crippen LogP contribution in [-0.4, -0.2) is 16.8 Å². The highest BCUT2D eigenvalue weighted by atomic mass is 16.3. The lowest BCUT2D eigenvalue weighted by Gasteiger charge is -2.05. The second-order valence-electron chi connectivity index (χ2n) is 6.57. The SMILES string of the molecule is Cc1ccc(C(=O)Nc2ccc3[nH]c(C(=O)NCc4ccco4)cc3c2)cc1. The molecule has 28 heavy (non-hydrogen) atoms. The second kappa shape index (κ2) is 7.44. The zero-order valence-corrected chi connectivity index (χ0v) is 15.3. The maximum Gasteiger partial charge on any atom is 0.268 e. The van der Waals surface area contributed by atoms with E-state index in [-0.39, 0.29) is 11.8 Å². The first-order valence-electron chi connectivity index (χ1n) is 8.90. The maximum absolute atomic E-state index is 12.4. The predicted molar refractivity (Wildman–Crippen MR) is 107 cm³/mol. The summed E-state index contributed by atoms with van der Waals surface area (Å²) in [5.74, 6) is 0.287. The monoisotopic (exact) mass is 373 g/mol. The van der Waals surface area contributed by atoms with Crippen LogP contribution in [0.25, 0.3) is 10.9 Å². The van der Waals surface area contributed by atoms with Gasteiger partial charge in [0.25, 0.3) is 11.8 Å².